The smallest absolute Gasteiger partial charge is 0.316 e. The van der Waals surface area contributed by atoms with Crippen molar-refractivity contribution < 1.29 is 4.79 Å². The molecule has 1 atom stereocenters. The van der Waals surface area contributed by atoms with Gasteiger partial charge in [-0.3, -0.25) is 4.98 Å². The van der Waals surface area contributed by atoms with E-state index < -0.39 is 0 Å². The third-order valence-corrected chi connectivity index (χ3v) is 4.55. The third-order valence-electron chi connectivity index (χ3n) is 4.55. The number of nitrogens with zero attached hydrogens (tertiary/aromatic N) is 2. The molecule has 0 aliphatic carbocycles. The predicted octanol–water partition coefficient (Wildman–Crippen LogP) is 5.34. The van der Waals surface area contributed by atoms with Crippen LogP contribution in [0.5, 0.6) is 0 Å². The van der Waals surface area contributed by atoms with Crippen LogP contribution in [-0.2, 0) is 0 Å². The van der Waals surface area contributed by atoms with Crippen molar-refractivity contribution in [3.63, 3.8) is 0 Å². The lowest BCUT2D eigenvalue weighted by Gasteiger charge is -2.30. The number of aromatic nitrogens is 1. The molecule has 2 rings (SSSR count). The zero-order chi connectivity index (χ0) is 18.4. The van der Waals surface area contributed by atoms with E-state index in [9.17, 15) is 4.79 Å². The minimum absolute atomic E-state index is 0.0773. The first kappa shape index (κ1) is 19.0. The fourth-order valence-corrected chi connectivity index (χ4v) is 2.67. The van der Waals surface area contributed by atoms with Gasteiger partial charge in [0, 0.05) is 18.4 Å². The summed E-state index contributed by atoms with van der Waals surface area (Å²) in [7, 11) is 0. The van der Waals surface area contributed by atoms with Gasteiger partial charge in [0.15, 0.2) is 0 Å². The van der Waals surface area contributed by atoms with Crippen molar-refractivity contribution in [2.24, 2.45) is 5.92 Å². The van der Waals surface area contributed by atoms with E-state index in [2.05, 4.69) is 38.0 Å². The van der Waals surface area contributed by atoms with Crippen LogP contribution in [0.15, 0.2) is 42.6 Å². The molecule has 0 unspecified atom stereocenters. The highest BCUT2D eigenvalue weighted by Crippen LogP contribution is 2.22. The summed E-state index contributed by atoms with van der Waals surface area (Å²) in [6.45, 7) is 11.2. The minimum atomic E-state index is -0.0814. The number of anilines is 1. The van der Waals surface area contributed by atoms with Crippen molar-refractivity contribution in [2.45, 2.75) is 47.1 Å². The molecule has 0 saturated carbocycles. The molecule has 2 amide bonds. The zero-order valence-electron chi connectivity index (χ0n) is 15.9. The first-order chi connectivity index (χ1) is 11.9. The van der Waals surface area contributed by atoms with Crippen molar-refractivity contribution in [1.82, 2.24) is 9.88 Å². The average molecular weight is 339 g/mol. The molecule has 0 spiro atoms. The van der Waals surface area contributed by atoms with E-state index >= 15 is 0 Å². The zero-order valence-corrected chi connectivity index (χ0v) is 15.9. The van der Waals surface area contributed by atoms with Crippen LogP contribution in [-0.4, -0.2) is 22.5 Å². The fraction of sp³-hybridized carbons (Fsp3) is 0.429. The molecule has 0 fully saturated rings. The first-order valence-corrected chi connectivity index (χ1v) is 8.94. The van der Waals surface area contributed by atoms with Crippen LogP contribution in [0.4, 0.5) is 10.5 Å². The van der Waals surface area contributed by atoms with Gasteiger partial charge in [0.05, 0.1) is 11.7 Å². The Morgan fingerprint density at radius 3 is 2.48 bits per heavy atom. The highest BCUT2D eigenvalue weighted by atomic mass is 16.2. The highest BCUT2D eigenvalue weighted by Gasteiger charge is 2.22. The van der Waals surface area contributed by atoms with Crippen LogP contribution in [0, 0.1) is 19.8 Å². The molecule has 1 N–H and O–H groups in total. The number of nitrogens with one attached hydrogen (secondary N) is 1. The van der Waals surface area contributed by atoms with Gasteiger partial charge in [-0.25, -0.2) is 4.79 Å². The van der Waals surface area contributed by atoms with Gasteiger partial charge in [-0.2, -0.15) is 0 Å². The van der Waals surface area contributed by atoms with E-state index in [1.165, 1.54) is 11.1 Å². The molecule has 134 valence electrons. The highest BCUT2D eigenvalue weighted by molar-refractivity contribution is 5.89. The molecule has 0 saturated heterocycles. The van der Waals surface area contributed by atoms with E-state index in [0.717, 1.165) is 17.8 Å². The standard InChI is InChI=1S/C21H29N3O/c1-15(2)11-13-24(18(5)20-8-6-7-12-22-20)21(25)23-19-10-9-16(3)17(4)14-19/h6-10,12,14-15,18H,11,13H2,1-5H3,(H,23,25)/t18-/m0/s1. The Morgan fingerprint density at radius 1 is 1.12 bits per heavy atom. The Hall–Kier alpha value is -2.36. The van der Waals surface area contributed by atoms with Crippen LogP contribution >= 0.6 is 0 Å². The van der Waals surface area contributed by atoms with Crippen molar-refractivity contribution >= 4 is 11.7 Å². The number of rotatable bonds is 6. The largest absolute Gasteiger partial charge is 0.322 e. The Morgan fingerprint density at radius 2 is 1.88 bits per heavy atom. The van der Waals surface area contributed by atoms with Crippen molar-refractivity contribution in [3.05, 3.63) is 59.4 Å². The van der Waals surface area contributed by atoms with E-state index in [1.54, 1.807) is 6.20 Å². The number of carbonyl (C=O) groups excluding carboxylic acids is 1. The molecule has 4 heteroatoms. The summed E-state index contributed by atoms with van der Waals surface area (Å²) >= 11 is 0. The molecule has 1 aromatic carbocycles. The lowest BCUT2D eigenvalue weighted by atomic mass is 10.1. The second kappa shape index (κ2) is 8.65. The number of urea groups is 1. The van der Waals surface area contributed by atoms with E-state index in [1.807, 2.05) is 48.2 Å². The van der Waals surface area contributed by atoms with Gasteiger partial charge in [0.2, 0.25) is 0 Å². The SMILES string of the molecule is Cc1ccc(NC(=O)N(CCC(C)C)[C@@H](C)c2ccccn2)cc1C. The van der Waals surface area contributed by atoms with Crippen LogP contribution < -0.4 is 5.32 Å². The van der Waals surface area contributed by atoms with Crippen molar-refractivity contribution in [3.8, 4) is 0 Å². The maximum atomic E-state index is 12.9. The Kier molecular flexibility index (Phi) is 6.57. The molecule has 25 heavy (non-hydrogen) atoms. The molecule has 0 radical (unpaired) electrons. The van der Waals surface area contributed by atoms with Crippen LogP contribution in [0.2, 0.25) is 0 Å². The lowest BCUT2D eigenvalue weighted by Crippen LogP contribution is -2.38. The lowest BCUT2D eigenvalue weighted by molar-refractivity contribution is 0.187. The average Bonchev–Trinajstić information content (AvgIpc) is 2.58. The number of amides is 2. The summed E-state index contributed by atoms with van der Waals surface area (Å²) in [5.41, 5.74) is 4.12. The third kappa shape index (κ3) is 5.31. The Bertz CT molecular complexity index is 698. The maximum absolute atomic E-state index is 12.9. The molecule has 1 heterocycles. The van der Waals surface area contributed by atoms with Gasteiger partial charge < -0.3 is 10.2 Å². The van der Waals surface area contributed by atoms with Gasteiger partial charge in [0.1, 0.15) is 0 Å². The van der Waals surface area contributed by atoms with Gasteiger partial charge in [-0.05, 0) is 68.5 Å². The summed E-state index contributed by atoms with van der Waals surface area (Å²) in [5.74, 6) is 0.535. The second-order valence-corrected chi connectivity index (χ2v) is 7.04. The molecule has 4 nitrogen and oxygen atoms in total. The maximum Gasteiger partial charge on any atom is 0.322 e. The fourth-order valence-electron chi connectivity index (χ4n) is 2.67. The normalized spacial score (nSPS) is 12.1. The molecular formula is C21H29N3O. The molecule has 1 aromatic heterocycles. The van der Waals surface area contributed by atoms with Crippen molar-refractivity contribution in [1.29, 1.82) is 0 Å². The number of hydrogen-bond donors (Lipinski definition) is 1. The quantitative estimate of drug-likeness (QED) is 0.772. The Balaban J connectivity index is 2.18. The summed E-state index contributed by atoms with van der Waals surface area (Å²) in [6.07, 6.45) is 2.73. The molecule has 0 bridgehead atoms. The number of benzene rings is 1. The topological polar surface area (TPSA) is 45.2 Å². The molecule has 2 aromatic rings. The first-order valence-electron chi connectivity index (χ1n) is 8.94. The van der Waals surface area contributed by atoms with Gasteiger partial charge in [-0.1, -0.05) is 26.0 Å². The summed E-state index contributed by atoms with van der Waals surface area (Å²) < 4.78 is 0. The van der Waals surface area contributed by atoms with Crippen molar-refractivity contribution in [2.75, 3.05) is 11.9 Å². The number of hydrogen-bond acceptors (Lipinski definition) is 2. The monoisotopic (exact) mass is 339 g/mol. The number of aryl methyl sites for hydroxylation is 2. The molecule has 0 aliphatic rings. The van der Waals surface area contributed by atoms with Crippen LogP contribution in [0.1, 0.15) is 50.1 Å². The summed E-state index contributed by atoms with van der Waals surface area (Å²) in [6, 6.07) is 11.7. The van der Waals surface area contributed by atoms with Crippen LogP contribution in [0.25, 0.3) is 0 Å². The minimum Gasteiger partial charge on any atom is -0.316 e. The summed E-state index contributed by atoms with van der Waals surface area (Å²) in [5, 5.41) is 3.04. The van der Waals surface area contributed by atoms with E-state index in [4.69, 9.17) is 0 Å². The number of carbonyl (C=O) groups is 1. The van der Waals surface area contributed by atoms with Gasteiger partial charge in [0.25, 0.3) is 0 Å². The van der Waals surface area contributed by atoms with Gasteiger partial charge >= 0.3 is 6.03 Å². The second-order valence-electron chi connectivity index (χ2n) is 7.04. The molecular weight excluding hydrogens is 310 g/mol. The summed E-state index contributed by atoms with van der Waals surface area (Å²) in [4.78, 5) is 19.2. The number of pyridine rings is 1. The predicted molar refractivity (Wildman–Crippen MR) is 104 cm³/mol. The van der Waals surface area contributed by atoms with Gasteiger partial charge in [-0.15, -0.1) is 0 Å². The van der Waals surface area contributed by atoms with Crippen LogP contribution in [0.3, 0.4) is 0 Å². The molecule has 0 aliphatic heterocycles. The van der Waals surface area contributed by atoms with E-state index in [0.29, 0.717) is 12.5 Å². The van der Waals surface area contributed by atoms with E-state index in [-0.39, 0.29) is 12.1 Å². The Labute approximate surface area is 151 Å².